The van der Waals surface area contributed by atoms with Crippen LogP contribution < -0.4 is 5.73 Å². The smallest absolute Gasteiger partial charge is 0.188 e. The van der Waals surface area contributed by atoms with Gasteiger partial charge in [-0.3, -0.25) is 4.99 Å². The molecule has 2 N–H and O–H groups in total. The summed E-state index contributed by atoms with van der Waals surface area (Å²) in [5, 5.41) is 0. The minimum Gasteiger partial charge on any atom is -0.474 e. The third-order valence-electron chi connectivity index (χ3n) is 2.28. The number of halogens is 1. The fraction of sp³-hybridized carbons (Fsp3) is 0.364. The van der Waals surface area contributed by atoms with Crippen molar-refractivity contribution in [3.63, 3.8) is 0 Å². The van der Waals surface area contributed by atoms with Crippen molar-refractivity contribution in [2.75, 3.05) is 13.1 Å². The minimum absolute atomic E-state index is 0.00596. The van der Waals surface area contributed by atoms with Gasteiger partial charge in [0, 0.05) is 13.0 Å². The van der Waals surface area contributed by atoms with Crippen molar-refractivity contribution in [3.05, 3.63) is 35.6 Å². The van der Waals surface area contributed by atoms with Gasteiger partial charge in [0.15, 0.2) is 5.90 Å². The van der Waals surface area contributed by atoms with Crippen molar-refractivity contribution in [3.8, 4) is 0 Å². The van der Waals surface area contributed by atoms with Gasteiger partial charge in [0.05, 0.1) is 6.54 Å². The molecule has 0 spiro atoms. The average Bonchev–Trinajstić information content (AvgIpc) is 2.65. The van der Waals surface area contributed by atoms with Crippen molar-refractivity contribution < 1.29 is 9.13 Å². The second-order valence-electron chi connectivity index (χ2n) is 3.52. The van der Waals surface area contributed by atoms with E-state index in [1.807, 2.05) is 6.07 Å². The largest absolute Gasteiger partial charge is 0.474 e. The molecule has 1 aliphatic heterocycles. The molecule has 0 aromatic heterocycles. The molecule has 0 saturated heterocycles. The molecule has 0 radical (unpaired) electrons. The molecule has 3 nitrogen and oxygen atoms in total. The highest BCUT2D eigenvalue weighted by atomic mass is 19.1. The lowest BCUT2D eigenvalue weighted by Gasteiger charge is -2.08. The zero-order chi connectivity index (χ0) is 10.7. The molecule has 0 bridgehead atoms. The topological polar surface area (TPSA) is 47.6 Å². The van der Waals surface area contributed by atoms with E-state index in [4.69, 9.17) is 10.5 Å². The van der Waals surface area contributed by atoms with Crippen LogP contribution in [0.4, 0.5) is 4.39 Å². The zero-order valence-corrected chi connectivity index (χ0v) is 8.32. The summed E-state index contributed by atoms with van der Waals surface area (Å²) in [5.74, 6) is 0.414. The van der Waals surface area contributed by atoms with Gasteiger partial charge in [-0.05, 0) is 17.7 Å². The summed E-state index contributed by atoms with van der Waals surface area (Å²) in [6.45, 7) is 1.08. The predicted molar refractivity (Wildman–Crippen MR) is 56.3 cm³/mol. The molecular formula is C11H13FN2O. The van der Waals surface area contributed by atoms with E-state index in [1.54, 1.807) is 6.07 Å². The SMILES string of the molecule is NCC1CN=C(Cc2cccc(F)c2)O1. The fourth-order valence-corrected chi connectivity index (χ4v) is 1.51. The molecule has 1 unspecified atom stereocenters. The van der Waals surface area contributed by atoms with E-state index in [0.717, 1.165) is 5.56 Å². The van der Waals surface area contributed by atoms with Gasteiger partial charge in [-0.15, -0.1) is 0 Å². The van der Waals surface area contributed by atoms with Crippen LogP contribution in [0.15, 0.2) is 29.3 Å². The van der Waals surface area contributed by atoms with Crippen LogP contribution in [0.1, 0.15) is 5.56 Å². The van der Waals surface area contributed by atoms with Gasteiger partial charge in [-0.25, -0.2) is 4.39 Å². The molecule has 15 heavy (non-hydrogen) atoms. The summed E-state index contributed by atoms with van der Waals surface area (Å²) in [6.07, 6.45) is 0.530. The highest BCUT2D eigenvalue weighted by Crippen LogP contribution is 2.10. The van der Waals surface area contributed by atoms with Gasteiger partial charge in [-0.1, -0.05) is 12.1 Å². The molecule has 1 atom stereocenters. The maximum atomic E-state index is 12.9. The maximum absolute atomic E-state index is 12.9. The molecular weight excluding hydrogens is 195 g/mol. The van der Waals surface area contributed by atoms with Crippen LogP contribution in [0.5, 0.6) is 0 Å². The van der Waals surface area contributed by atoms with E-state index in [2.05, 4.69) is 4.99 Å². The first-order chi connectivity index (χ1) is 7.28. The average molecular weight is 208 g/mol. The lowest BCUT2D eigenvalue weighted by atomic mass is 10.1. The quantitative estimate of drug-likeness (QED) is 0.809. The van der Waals surface area contributed by atoms with Crippen molar-refractivity contribution in [2.45, 2.75) is 12.5 Å². The van der Waals surface area contributed by atoms with Gasteiger partial charge in [0.1, 0.15) is 11.9 Å². The summed E-state index contributed by atoms with van der Waals surface area (Å²) >= 11 is 0. The Bertz CT molecular complexity index is 379. The van der Waals surface area contributed by atoms with Gasteiger partial charge < -0.3 is 10.5 Å². The molecule has 1 heterocycles. The molecule has 4 heteroatoms. The number of hydrogen-bond donors (Lipinski definition) is 1. The molecule has 1 aromatic carbocycles. The van der Waals surface area contributed by atoms with Gasteiger partial charge in [0.2, 0.25) is 0 Å². The third kappa shape index (κ3) is 2.53. The molecule has 2 rings (SSSR count). The van der Waals surface area contributed by atoms with Crippen LogP contribution in [-0.4, -0.2) is 25.1 Å². The minimum atomic E-state index is -0.235. The van der Waals surface area contributed by atoms with Crippen molar-refractivity contribution in [1.82, 2.24) is 0 Å². The second kappa shape index (κ2) is 4.40. The number of aliphatic imine (C=N–C) groups is 1. The Morgan fingerprint density at radius 1 is 1.53 bits per heavy atom. The van der Waals surface area contributed by atoms with E-state index in [1.165, 1.54) is 12.1 Å². The van der Waals surface area contributed by atoms with Crippen LogP contribution >= 0.6 is 0 Å². The van der Waals surface area contributed by atoms with Crippen LogP contribution in [0.25, 0.3) is 0 Å². The first kappa shape index (κ1) is 10.1. The lowest BCUT2D eigenvalue weighted by molar-refractivity contribution is 0.228. The molecule has 0 amide bonds. The van der Waals surface area contributed by atoms with E-state index in [9.17, 15) is 4.39 Å². The lowest BCUT2D eigenvalue weighted by Crippen LogP contribution is -2.24. The standard InChI is InChI=1S/C11H13FN2O/c12-9-3-1-2-8(4-9)5-11-14-7-10(6-13)15-11/h1-4,10H,5-7,13H2. The molecule has 80 valence electrons. The number of hydrogen-bond acceptors (Lipinski definition) is 3. The first-order valence-corrected chi connectivity index (χ1v) is 4.92. The predicted octanol–water partition coefficient (Wildman–Crippen LogP) is 1.12. The molecule has 0 fully saturated rings. The summed E-state index contributed by atoms with van der Waals surface area (Å²) in [7, 11) is 0. The van der Waals surface area contributed by atoms with Crippen molar-refractivity contribution in [2.24, 2.45) is 10.7 Å². The second-order valence-corrected chi connectivity index (χ2v) is 3.52. The molecule has 1 aliphatic rings. The first-order valence-electron chi connectivity index (χ1n) is 4.92. The Balaban J connectivity index is 1.98. The van der Waals surface area contributed by atoms with Crippen LogP contribution in [0.3, 0.4) is 0 Å². The summed E-state index contributed by atoms with van der Waals surface area (Å²) < 4.78 is 18.3. The Morgan fingerprint density at radius 3 is 3.07 bits per heavy atom. The van der Waals surface area contributed by atoms with E-state index in [-0.39, 0.29) is 11.9 Å². The number of ether oxygens (including phenoxy) is 1. The van der Waals surface area contributed by atoms with Crippen molar-refractivity contribution >= 4 is 5.90 Å². The van der Waals surface area contributed by atoms with Gasteiger partial charge in [0.25, 0.3) is 0 Å². The summed E-state index contributed by atoms with van der Waals surface area (Å²) in [6, 6.07) is 6.44. The van der Waals surface area contributed by atoms with Gasteiger partial charge in [-0.2, -0.15) is 0 Å². The van der Waals surface area contributed by atoms with Gasteiger partial charge >= 0.3 is 0 Å². The van der Waals surface area contributed by atoms with E-state index >= 15 is 0 Å². The van der Waals surface area contributed by atoms with E-state index < -0.39 is 0 Å². The van der Waals surface area contributed by atoms with E-state index in [0.29, 0.717) is 25.4 Å². The Hall–Kier alpha value is -1.42. The van der Waals surface area contributed by atoms with Crippen LogP contribution in [0, 0.1) is 5.82 Å². The maximum Gasteiger partial charge on any atom is 0.188 e. The third-order valence-corrected chi connectivity index (χ3v) is 2.28. The number of nitrogens with zero attached hydrogens (tertiary/aromatic N) is 1. The Kier molecular flexibility index (Phi) is 2.97. The van der Waals surface area contributed by atoms with Crippen LogP contribution in [0.2, 0.25) is 0 Å². The fourth-order valence-electron chi connectivity index (χ4n) is 1.51. The van der Waals surface area contributed by atoms with Crippen molar-refractivity contribution in [1.29, 1.82) is 0 Å². The zero-order valence-electron chi connectivity index (χ0n) is 8.32. The highest BCUT2D eigenvalue weighted by Gasteiger charge is 2.17. The summed E-state index contributed by atoms with van der Waals surface area (Å²) in [4.78, 5) is 4.20. The Labute approximate surface area is 87.8 Å². The molecule has 1 aromatic rings. The summed E-state index contributed by atoms with van der Waals surface area (Å²) in [5.41, 5.74) is 6.32. The highest BCUT2D eigenvalue weighted by molar-refractivity contribution is 5.80. The monoisotopic (exact) mass is 208 g/mol. The molecule has 0 aliphatic carbocycles. The number of benzene rings is 1. The molecule has 0 saturated carbocycles. The number of nitrogens with two attached hydrogens (primary N) is 1. The number of rotatable bonds is 3. The normalized spacial score (nSPS) is 19.9. The van der Waals surface area contributed by atoms with Crippen LogP contribution in [-0.2, 0) is 11.2 Å². The Morgan fingerprint density at radius 2 is 2.40 bits per heavy atom.